The Kier molecular flexibility index (Phi) is 4.95. The van der Waals surface area contributed by atoms with Gasteiger partial charge in [-0.2, -0.15) is 13.2 Å². The third-order valence-electron chi connectivity index (χ3n) is 3.10. The number of carbonyl (C=O) groups excluding carboxylic acids is 1. The monoisotopic (exact) mass is 329 g/mol. The van der Waals surface area contributed by atoms with E-state index in [1.807, 2.05) is 6.92 Å². The topological polar surface area (TPSA) is 49.9 Å². The quantitative estimate of drug-likeness (QED) is 0.509. The Bertz CT molecular complexity index is 753. The smallest absolute Gasteiger partial charge is 0.321 e. The molecule has 7 heteroatoms. The molecule has 0 saturated heterocycles. The van der Waals surface area contributed by atoms with Gasteiger partial charge < -0.3 is 4.98 Å². The minimum absolute atomic E-state index is 0.107. The SMILES string of the molecule is CCCCSc1c(C(=O)C(F)(F)F)c(=O)[nH]c2ccccc12. The van der Waals surface area contributed by atoms with Crippen molar-refractivity contribution in [2.24, 2.45) is 0 Å². The average molecular weight is 329 g/mol. The van der Waals surface area contributed by atoms with Crippen LogP contribution in [-0.2, 0) is 0 Å². The van der Waals surface area contributed by atoms with Crippen molar-refractivity contribution >= 4 is 28.4 Å². The van der Waals surface area contributed by atoms with Crippen molar-refractivity contribution in [2.75, 3.05) is 5.75 Å². The lowest BCUT2D eigenvalue weighted by Gasteiger charge is -2.12. The third kappa shape index (κ3) is 3.35. The summed E-state index contributed by atoms with van der Waals surface area (Å²) < 4.78 is 38.3. The zero-order valence-corrected chi connectivity index (χ0v) is 12.6. The number of H-pyrrole nitrogens is 1. The number of alkyl halides is 3. The predicted molar refractivity (Wildman–Crippen MR) is 80.6 cm³/mol. The number of nitrogens with one attached hydrogen (secondary N) is 1. The van der Waals surface area contributed by atoms with Crippen LogP contribution >= 0.6 is 11.8 Å². The van der Waals surface area contributed by atoms with Gasteiger partial charge in [-0.05, 0) is 18.2 Å². The average Bonchev–Trinajstić information content (AvgIpc) is 2.45. The number of carbonyl (C=O) groups is 1. The Morgan fingerprint density at radius 3 is 2.59 bits per heavy atom. The predicted octanol–water partition coefficient (Wildman–Crippen LogP) is 4.17. The number of hydrogen-bond acceptors (Lipinski definition) is 3. The molecule has 0 atom stereocenters. The summed E-state index contributed by atoms with van der Waals surface area (Å²) in [5, 5.41) is 0.454. The molecule has 0 aliphatic carbocycles. The maximum absolute atomic E-state index is 12.8. The van der Waals surface area contributed by atoms with Gasteiger partial charge in [0.2, 0.25) is 0 Å². The maximum Gasteiger partial charge on any atom is 0.455 e. The largest absolute Gasteiger partial charge is 0.455 e. The van der Waals surface area contributed by atoms with Crippen molar-refractivity contribution in [1.29, 1.82) is 0 Å². The summed E-state index contributed by atoms with van der Waals surface area (Å²) in [4.78, 5) is 26.1. The van der Waals surface area contributed by atoms with Gasteiger partial charge in [0.25, 0.3) is 11.3 Å². The van der Waals surface area contributed by atoms with E-state index < -0.39 is 23.1 Å². The van der Waals surface area contributed by atoms with E-state index in [1.54, 1.807) is 24.3 Å². The summed E-state index contributed by atoms with van der Waals surface area (Å²) in [5.41, 5.74) is -1.39. The minimum atomic E-state index is -5.07. The summed E-state index contributed by atoms with van der Waals surface area (Å²) in [6.45, 7) is 1.96. The molecule has 2 aromatic rings. The van der Waals surface area contributed by atoms with Gasteiger partial charge in [0.1, 0.15) is 5.56 Å². The van der Waals surface area contributed by atoms with Crippen LogP contribution in [0.5, 0.6) is 0 Å². The van der Waals surface area contributed by atoms with E-state index in [4.69, 9.17) is 0 Å². The molecule has 1 heterocycles. The number of ketones is 1. The van der Waals surface area contributed by atoms with Gasteiger partial charge in [-0.3, -0.25) is 9.59 Å². The van der Waals surface area contributed by atoms with Crippen molar-refractivity contribution in [1.82, 2.24) is 4.98 Å². The highest BCUT2D eigenvalue weighted by molar-refractivity contribution is 7.99. The highest BCUT2D eigenvalue weighted by atomic mass is 32.2. The van der Waals surface area contributed by atoms with Crippen LogP contribution in [0.1, 0.15) is 30.1 Å². The van der Waals surface area contributed by atoms with Gasteiger partial charge in [-0.25, -0.2) is 0 Å². The lowest BCUT2D eigenvalue weighted by Crippen LogP contribution is -2.30. The molecule has 0 saturated carbocycles. The number of halogens is 3. The van der Waals surface area contributed by atoms with E-state index in [0.29, 0.717) is 16.7 Å². The van der Waals surface area contributed by atoms with Crippen molar-refractivity contribution in [3.05, 3.63) is 40.2 Å². The van der Waals surface area contributed by atoms with Crippen molar-refractivity contribution in [3.8, 4) is 0 Å². The van der Waals surface area contributed by atoms with Gasteiger partial charge >= 0.3 is 6.18 Å². The molecule has 0 radical (unpaired) electrons. The Morgan fingerprint density at radius 2 is 1.95 bits per heavy atom. The molecule has 1 aromatic carbocycles. The van der Waals surface area contributed by atoms with Crippen LogP contribution in [0, 0.1) is 0 Å². The molecule has 22 heavy (non-hydrogen) atoms. The number of rotatable bonds is 5. The molecule has 2 rings (SSSR count). The lowest BCUT2D eigenvalue weighted by molar-refractivity contribution is -0.0888. The van der Waals surface area contributed by atoms with Crippen LogP contribution in [-0.4, -0.2) is 22.7 Å². The molecule has 0 aliphatic rings. The summed E-state index contributed by atoms with van der Waals surface area (Å²) >= 11 is 1.12. The number of Topliss-reactive ketones (excluding diaryl/α,β-unsaturated/α-hetero) is 1. The highest BCUT2D eigenvalue weighted by Crippen LogP contribution is 2.32. The van der Waals surface area contributed by atoms with E-state index in [1.165, 1.54) is 0 Å². The second kappa shape index (κ2) is 6.56. The van der Waals surface area contributed by atoms with Crippen molar-refractivity contribution < 1.29 is 18.0 Å². The fraction of sp³-hybridized carbons (Fsp3) is 0.333. The Morgan fingerprint density at radius 1 is 1.27 bits per heavy atom. The van der Waals surface area contributed by atoms with E-state index in [2.05, 4.69) is 4.98 Å². The number of aromatic amines is 1. The van der Waals surface area contributed by atoms with Crippen LogP contribution in [0.2, 0.25) is 0 Å². The third-order valence-corrected chi connectivity index (χ3v) is 4.31. The number of unbranched alkanes of at least 4 members (excludes halogenated alkanes) is 1. The minimum Gasteiger partial charge on any atom is -0.321 e. The number of aromatic nitrogens is 1. The molecule has 1 aromatic heterocycles. The van der Waals surface area contributed by atoms with Crippen LogP contribution in [0.25, 0.3) is 10.9 Å². The van der Waals surface area contributed by atoms with Crippen LogP contribution < -0.4 is 5.56 Å². The zero-order chi connectivity index (χ0) is 16.3. The van der Waals surface area contributed by atoms with Gasteiger partial charge in [-0.1, -0.05) is 31.5 Å². The summed E-state index contributed by atoms with van der Waals surface area (Å²) in [6.07, 6.45) is -3.42. The fourth-order valence-electron chi connectivity index (χ4n) is 2.03. The van der Waals surface area contributed by atoms with E-state index in [0.717, 1.165) is 24.6 Å². The van der Waals surface area contributed by atoms with E-state index >= 15 is 0 Å². The molecule has 0 spiro atoms. The fourth-order valence-corrected chi connectivity index (χ4v) is 3.33. The molecule has 118 valence electrons. The molecule has 1 N–H and O–H groups in total. The lowest BCUT2D eigenvalue weighted by atomic mass is 10.1. The molecule has 0 aliphatic heterocycles. The molecule has 0 fully saturated rings. The van der Waals surface area contributed by atoms with Gasteiger partial charge in [0, 0.05) is 15.8 Å². The van der Waals surface area contributed by atoms with Crippen LogP contribution in [0.4, 0.5) is 13.2 Å². The summed E-state index contributed by atoms with van der Waals surface area (Å²) in [6, 6.07) is 6.53. The first-order valence-corrected chi connectivity index (χ1v) is 7.74. The normalized spacial score (nSPS) is 11.8. The maximum atomic E-state index is 12.8. The summed E-state index contributed by atoms with van der Waals surface area (Å²) in [5.74, 6) is -1.55. The Hall–Kier alpha value is -1.76. The van der Waals surface area contributed by atoms with Crippen LogP contribution in [0.3, 0.4) is 0 Å². The Balaban J connectivity index is 2.67. The number of fused-ring (bicyclic) bond motifs is 1. The van der Waals surface area contributed by atoms with Gasteiger partial charge in [0.15, 0.2) is 0 Å². The molecule has 0 amide bonds. The van der Waals surface area contributed by atoms with Gasteiger partial charge in [-0.15, -0.1) is 11.8 Å². The number of benzene rings is 1. The molecule has 0 unspecified atom stereocenters. The number of hydrogen-bond donors (Lipinski definition) is 1. The van der Waals surface area contributed by atoms with Crippen LogP contribution in [0.15, 0.2) is 34.0 Å². The van der Waals surface area contributed by atoms with Crippen molar-refractivity contribution in [2.45, 2.75) is 30.8 Å². The molecule has 0 bridgehead atoms. The van der Waals surface area contributed by atoms with Gasteiger partial charge in [0.05, 0.1) is 0 Å². The number of pyridine rings is 1. The second-order valence-electron chi connectivity index (χ2n) is 4.73. The standard InChI is InChI=1S/C15H14F3NO2S/c1-2-3-8-22-12-9-6-4-5-7-10(9)19-14(21)11(12)13(20)15(16,17)18/h4-7H,2-3,8H2,1H3,(H,19,21). The first kappa shape index (κ1) is 16.6. The first-order chi connectivity index (χ1) is 10.4. The second-order valence-corrected chi connectivity index (χ2v) is 5.84. The van der Waals surface area contributed by atoms with E-state index in [9.17, 15) is 22.8 Å². The number of para-hydroxylation sites is 1. The number of thioether (sulfide) groups is 1. The highest BCUT2D eigenvalue weighted by Gasteiger charge is 2.42. The zero-order valence-electron chi connectivity index (χ0n) is 11.8. The molecular formula is C15H14F3NO2S. The molecule has 3 nitrogen and oxygen atoms in total. The first-order valence-electron chi connectivity index (χ1n) is 6.75. The molecular weight excluding hydrogens is 315 g/mol. The van der Waals surface area contributed by atoms with Crippen molar-refractivity contribution in [3.63, 3.8) is 0 Å². The summed E-state index contributed by atoms with van der Waals surface area (Å²) in [7, 11) is 0. The Labute approximate surface area is 128 Å². The van der Waals surface area contributed by atoms with E-state index in [-0.39, 0.29) is 4.90 Å².